The van der Waals surface area contributed by atoms with E-state index in [4.69, 9.17) is 9.47 Å². The summed E-state index contributed by atoms with van der Waals surface area (Å²) in [7, 11) is 1.57. The molecule has 1 N–H and O–H groups in total. The second-order valence-corrected chi connectivity index (χ2v) is 9.58. The number of thiophene rings is 1. The van der Waals surface area contributed by atoms with Gasteiger partial charge < -0.3 is 19.5 Å². The molecule has 32 heavy (non-hydrogen) atoms. The smallest absolute Gasteiger partial charge is 0.237 e. The molecule has 0 aliphatic carbocycles. The van der Waals surface area contributed by atoms with E-state index in [1.54, 1.807) is 18.4 Å². The van der Waals surface area contributed by atoms with Gasteiger partial charge in [-0.2, -0.15) is 0 Å². The number of aliphatic hydroxyl groups is 1. The average molecular weight is 461 g/mol. The summed E-state index contributed by atoms with van der Waals surface area (Å²) in [5, 5.41) is 12.3. The highest BCUT2D eigenvalue weighted by atomic mass is 32.1. The number of carbonyl (C=O) groups excluding carboxylic acids is 1. The standard InChI is InChI=1S/C25H36N2O4S/c1-5-10-26(14-20(28)16-30-4)15-25(29)27-11-8-24-21(9-12-32-24)22(27)17-31-23-7-6-18(2)13-19(23)3/h6-7,9,12-13,20,22,28H,5,8,10-11,14-17H2,1-4H3. The Morgan fingerprint density at radius 3 is 2.88 bits per heavy atom. The lowest BCUT2D eigenvalue weighted by Crippen LogP contribution is -2.48. The van der Waals surface area contributed by atoms with Gasteiger partial charge in [-0.05, 0) is 61.9 Å². The van der Waals surface area contributed by atoms with Crippen LogP contribution in [-0.2, 0) is 16.0 Å². The molecule has 0 saturated carbocycles. The van der Waals surface area contributed by atoms with Crippen molar-refractivity contribution >= 4 is 17.2 Å². The van der Waals surface area contributed by atoms with Gasteiger partial charge in [0.25, 0.3) is 0 Å². The van der Waals surface area contributed by atoms with Gasteiger partial charge in [0, 0.05) is 25.1 Å². The lowest BCUT2D eigenvalue weighted by Gasteiger charge is -2.37. The van der Waals surface area contributed by atoms with Crippen LogP contribution in [0.1, 0.15) is 41.0 Å². The normalized spacial score (nSPS) is 16.8. The summed E-state index contributed by atoms with van der Waals surface area (Å²) in [6, 6.07) is 8.19. The minimum Gasteiger partial charge on any atom is -0.491 e. The van der Waals surface area contributed by atoms with Crippen molar-refractivity contribution < 1.29 is 19.4 Å². The van der Waals surface area contributed by atoms with E-state index in [1.165, 1.54) is 16.0 Å². The molecule has 3 rings (SSSR count). The fraction of sp³-hybridized carbons (Fsp3) is 0.560. The minimum atomic E-state index is -0.604. The number of nitrogens with zero attached hydrogens (tertiary/aromatic N) is 2. The summed E-state index contributed by atoms with van der Waals surface area (Å²) < 4.78 is 11.3. The number of amides is 1. The zero-order valence-corrected chi connectivity index (χ0v) is 20.5. The molecule has 2 unspecified atom stereocenters. The maximum Gasteiger partial charge on any atom is 0.237 e. The van der Waals surface area contributed by atoms with E-state index >= 15 is 0 Å². The number of aryl methyl sites for hydroxylation is 2. The van der Waals surface area contributed by atoms with E-state index in [2.05, 4.69) is 44.4 Å². The Hall–Kier alpha value is -1.93. The minimum absolute atomic E-state index is 0.0779. The van der Waals surface area contributed by atoms with Crippen LogP contribution in [0.25, 0.3) is 0 Å². The molecule has 1 amide bonds. The lowest BCUT2D eigenvalue weighted by atomic mass is 10.00. The fourth-order valence-electron chi connectivity index (χ4n) is 4.38. The van der Waals surface area contributed by atoms with E-state index in [0.717, 1.165) is 30.7 Å². The van der Waals surface area contributed by atoms with Crippen LogP contribution < -0.4 is 4.74 Å². The van der Waals surface area contributed by atoms with Crippen LogP contribution in [-0.4, -0.2) is 73.4 Å². The van der Waals surface area contributed by atoms with Gasteiger partial charge in [-0.15, -0.1) is 11.3 Å². The van der Waals surface area contributed by atoms with Gasteiger partial charge in [0.05, 0.1) is 25.3 Å². The summed E-state index contributed by atoms with van der Waals surface area (Å²) in [6.07, 6.45) is 1.19. The number of benzene rings is 1. The zero-order chi connectivity index (χ0) is 23.1. The molecule has 6 nitrogen and oxygen atoms in total. The highest BCUT2D eigenvalue weighted by Crippen LogP contribution is 2.34. The summed E-state index contributed by atoms with van der Waals surface area (Å²) in [4.78, 5) is 18.7. The van der Waals surface area contributed by atoms with Gasteiger partial charge in [-0.3, -0.25) is 9.69 Å². The van der Waals surface area contributed by atoms with E-state index in [0.29, 0.717) is 19.7 Å². The molecule has 0 saturated heterocycles. The third-order valence-corrected chi connectivity index (χ3v) is 6.87. The zero-order valence-electron chi connectivity index (χ0n) is 19.7. The molecule has 2 heterocycles. The number of carbonyl (C=O) groups is 1. The van der Waals surface area contributed by atoms with Gasteiger partial charge in [-0.25, -0.2) is 0 Å². The van der Waals surface area contributed by atoms with E-state index in [-0.39, 0.29) is 25.1 Å². The Kier molecular flexibility index (Phi) is 9.11. The molecule has 0 fully saturated rings. The second-order valence-electron chi connectivity index (χ2n) is 8.58. The summed E-state index contributed by atoms with van der Waals surface area (Å²) in [6.45, 7) is 9.06. The maximum absolute atomic E-state index is 13.4. The van der Waals surface area contributed by atoms with Gasteiger partial charge in [-0.1, -0.05) is 24.6 Å². The van der Waals surface area contributed by atoms with E-state index < -0.39 is 6.10 Å². The summed E-state index contributed by atoms with van der Waals surface area (Å²) in [5.41, 5.74) is 3.50. The van der Waals surface area contributed by atoms with Crippen molar-refractivity contribution in [3.05, 3.63) is 51.2 Å². The third kappa shape index (κ3) is 6.32. The quantitative estimate of drug-likeness (QED) is 0.555. The number of methoxy groups -OCH3 is 1. The van der Waals surface area contributed by atoms with E-state index in [1.807, 2.05) is 15.9 Å². The Bertz CT molecular complexity index is 885. The molecule has 1 aromatic carbocycles. The first-order valence-corrected chi connectivity index (χ1v) is 12.3. The third-order valence-electron chi connectivity index (χ3n) is 5.87. The van der Waals surface area contributed by atoms with Crippen molar-refractivity contribution in [3.8, 4) is 5.75 Å². The fourth-order valence-corrected chi connectivity index (χ4v) is 5.31. The molecule has 1 aliphatic rings. The highest BCUT2D eigenvalue weighted by Gasteiger charge is 2.33. The molecule has 1 aromatic heterocycles. The van der Waals surface area contributed by atoms with Crippen LogP contribution in [0.4, 0.5) is 0 Å². The first kappa shape index (κ1) is 24.7. The summed E-state index contributed by atoms with van der Waals surface area (Å²) in [5.74, 6) is 0.940. The second kappa shape index (κ2) is 11.8. The molecule has 1 aliphatic heterocycles. The van der Waals surface area contributed by atoms with Crippen molar-refractivity contribution in [3.63, 3.8) is 0 Å². The van der Waals surface area contributed by atoms with Crippen molar-refractivity contribution in [2.24, 2.45) is 0 Å². The highest BCUT2D eigenvalue weighted by molar-refractivity contribution is 7.10. The van der Waals surface area contributed by atoms with Crippen molar-refractivity contribution in [1.82, 2.24) is 9.80 Å². The molecule has 0 spiro atoms. The van der Waals surface area contributed by atoms with Crippen LogP contribution in [0.3, 0.4) is 0 Å². The average Bonchev–Trinajstić information content (AvgIpc) is 3.22. The first-order valence-electron chi connectivity index (χ1n) is 11.4. The molecule has 176 valence electrons. The lowest BCUT2D eigenvalue weighted by molar-refractivity contribution is -0.136. The molecule has 7 heteroatoms. The molecule has 2 aromatic rings. The largest absolute Gasteiger partial charge is 0.491 e. The van der Waals surface area contributed by atoms with Crippen molar-refractivity contribution in [2.75, 3.05) is 46.5 Å². The monoisotopic (exact) mass is 460 g/mol. The molecular formula is C25H36N2O4S. The number of hydrogen-bond acceptors (Lipinski definition) is 6. The number of rotatable bonds is 11. The van der Waals surface area contributed by atoms with Gasteiger partial charge in [0.2, 0.25) is 5.91 Å². The Morgan fingerprint density at radius 2 is 2.16 bits per heavy atom. The first-order chi connectivity index (χ1) is 15.4. The van der Waals surface area contributed by atoms with Crippen LogP contribution in [0.15, 0.2) is 29.6 Å². The molecule has 0 bridgehead atoms. The SMILES string of the molecule is CCCN(CC(=O)N1CCc2sccc2C1COc1ccc(C)cc1C)CC(O)COC. The molecular weight excluding hydrogens is 424 g/mol. The van der Waals surface area contributed by atoms with Crippen LogP contribution >= 0.6 is 11.3 Å². The molecule has 2 atom stereocenters. The van der Waals surface area contributed by atoms with Crippen LogP contribution in [0.5, 0.6) is 5.75 Å². The number of fused-ring (bicyclic) bond motifs is 1. The van der Waals surface area contributed by atoms with Gasteiger partial charge in [0.15, 0.2) is 0 Å². The number of hydrogen-bond donors (Lipinski definition) is 1. The number of ether oxygens (including phenoxy) is 2. The maximum atomic E-state index is 13.4. The summed E-state index contributed by atoms with van der Waals surface area (Å²) >= 11 is 1.75. The predicted octanol–water partition coefficient (Wildman–Crippen LogP) is 3.59. The Balaban J connectivity index is 1.73. The van der Waals surface area contributed by atoms with Crippen molar-refractivity contribution in [1.29, 1.82) is 0 Å². The predicted molar refractivity (Wildman–Crippen MR) is 129 cm³/mol. The van der Waals surface area contributed by atoms with Crippen molar-refractivity contribution in [2.45, 2.75) is 45.8 Å². The van der Waals surface area contributed by atoms with Crippen LogP contribution in [0.2, 0.25) is 0 Å². The van der Waals surface area contributed by atoms with Gasteiger partial charge >= 0.3 is 0 Å². The van der Waals surface area contributed by atoms with Crippen LogP contribution in [0, 0.1) is 13.8 Å². The van der Waals surface area contributed by atoms with Gasteiger partial charge in [0.1, 0.15) is 12.4 Å². The topological polar surface area (TPSA) is 62.2 Å². The van der Waals surface area contributed by atoms with E-state index in [9.17, 15) is 9.90 Å². The number of aliphatic hydroxyl groups excluding tert-OH is 1. The Morgan fingerprint density at radius 1 is 1.34 bits per heavy atom. The molecule has 0 radical (unpaired) electrons. The Labute approximate surface area is 195 Å².